The first-order valence-corrected chi connectivity index (χ1v) is 4.89. The summed E-state index contributed by atoms with van der Waals surface area (Å²) in [5.74, 6) is 0. The first-order valence-electron chi connectivity index (χ1n) is 4.89. The van der Waals surface area contributed by atoms with Gasteiger partial charge in [-0.1, -0.05) is 19.3 Å². The molecule has 0 aromatic rings. The van der Waals surface area contributed by atoms with Gasteiger partial charge in [0.2, 0.25) is 0 Å². The number of alkyl halides is 2. The Kier molecular flexibility index (Phi) is 4.59. The van der Waals surface area contributed by atoms with Gasteiger partial charge in [-0.05, 0) is 12.8 Å². The molecule has 13 heavy (non-hydrogen) atoms. The van der Waals surface area contributed by atoms with Crippen molar-refractivity contribution in [1.29, 1.82) is 0 Å². The van der Waals surface area contributed by atoms with Crippen molar-refractivity contribution in [1.82, 2.24) is 5.32 Å². The van der Waals surface area contributed by atoms with Gasteiger partial charge in [-0.2, -0.15) is 0 Å². The van der Waals surface area contributed by atoms with E-state index in [0.717, 1.165) is 32.1 Å². The summed E-state index contributed by atoms with van der Waals surface area (Å²) in [5.41, 5.74) is 0. The van der Waals surface area contributed by atoms with Crippen LogP contribution < -0.4 is 5.32 Å². The third-order valence-corrected chi connectivity index (χ3v) is 2.51. The van der Waals surface area contributed by atoms with E-state index < -0.39 is 12.5 Å². The van der Waals surface area contributed by atoms with E-state index in [9.17, 15) is 13.9 Å². The molecule has 2 atom stereocenters. The second-order valence-electron chi connectivity index (χ2n) is 3.61. The predicted molar refractivity (Wildman–Crippen MR) is 46.9 cm³/mol. The summed E-state index contributed by atoms with van der Waals surface area (Å²) < 4.78 is 23.7. The molecule has 0 spiro atoms. The maximum atomic E-state index is 11.9. The first-order chi connectivity index (χ1) is 6.20. The minimum absolute atomic E-state index is 0.128. The molecule has 0 aromatic carbocycles. The second kappa shape index (κ2) is 5.50. The van der Waals surface area contributed by atoms with Gasteiger partial charge in [0.05, 0.1) is 12.6 Å². The van der Waals surface area contributed by atoms with E-state index in [0.29, 0.717) is 0 Å². The average Bonchev–Trinajstić information content (AvgIpc) is 2.27. The van der Waals surface area contributed by atoms with E-state index in [4.69, 9.17) is 0 Å². The van der Waals surface area contributed by atoms with E-state index in [2.05, 4.69) is 5.32 Å². The molecule has 0 bridgehead atoms. The van der Waals surface area contributed by atoms with Crippen LogP contribution in [0, 0.1) is 0 Å². The summed E-state index contributed by atoms with van der Waals surface area (Å²) in [4.78, 5) is 0. The summed E-state index contributed by atoms with van der Waals surface area (Å²) >= 11 is 0. The highest BCUT2D eigenvalue weighted by molar-refractivity contribution is 4.78. The van der Waals surface area contributed by atoms with Crippen molar-refractivity contribution < 1.29 is 13.9 Å². The van der Waals surface area contributed by atoms with E-state index in [1.807, 2.05) is 0 Å². The molecule has 1 fully saturated rings. The topological polar surface area (TPSA) is 32.3 Å². The number of nitrogens with one attached hydrogen (secondary N) is 1. The number of aliphatic hydroxyl groups is 1. The van der Waals surface area contributed by atoms with Crippen LogP contribution in [-0.2, 0) is 0 Å². The van der Waals surface area contributed by atoms with Crippen molar-refractivity contribution in [2.24, 2.45) is 0 Å². The lowest BCUT2D eigenvalue weighted by Gasteiger charge is -2.21. The smallest absolute Gasteiger partial charge is 0.250 e. The van der Waals surface area contributed by atoms with Gasteiger partial charge in [-0.3, -0.25) is 0 Å². The van der Waals surface area contributed by atoms with Gasteiger partial charge < -0.3 is 10.4 Å². The number of hydrogen-bond donors (Lipinski definition) is 2. The highest BCUT2D eigenvalue weighted by atomic mass is 19.3. The molecule has 1 saturated carbocycles. The number of halogens is 2. The van der Waals surface area contributed by atoms with Crippen molar-refractivity contribution in [3.63, 3.8) is 0 Å². The van der Waals surface area contributed by atoms with Crippen molar-refractivity contribution in [3.8, 4) is 0 Å². The second-order valence-corrected chi connectivity index (χ2v) is 3.61. The highest BCUT2D eigenvalue weighted by Crippen LogP contribution is 2.17. The van der Waals surface area contributed by atoms with Gasteiger partial charge in [0, 0.05) is 6.04 Å². The van der Waals surface area contributed by atoms with Crippen LogP contribution in [0.15, 0.2) is 0 Å². The Bertz CT molecular complexity index is 144. The van der Waals surface area contributed by atoms with Crippen LogP contribution >= 0.6 is 0 Å². The molecule has 0 amide bonds. The fourth-order valence-corrected chi connectivity index (χ4v) is 1.77. The van der Waals surface area contributed by atoms with Crippen molar-refractivity contribution >= 4 is 0 Å². The number of hydrogen-bond acceptors (Lipinski definition) is 2. The van der Waals surface area contributed by atoms with Crippen molar-refractivity contribution in [2.45, 2.75) is 50.7 Å². The predicted octanol–water partition coefficient (Wildman–Crippen LogP) is 1.53. The Morgan fingerprint density at radius 1 is 1.23 bits per heavy atom. The first kappa shape index (κ1) is 10.9. The summed E-state index contributed by atoms with van der Waals surface area (Å²) in [6.07, 6.45) is 1.92. The molecule has 2 N–H and O–H groups in total. The molecule has 0 heterocycles. The number of aliphatic hydroxyl groups excluding tert-OH is 1. The normalized spacial score (nSPS) is 30.5. The van der Waals surface area contributed by atoms with Crippen LogP contribution in [0.3, 0.4) is 0 Å². The maximum absolute atomic E-state index is 11.9. The third kappa shape index (κ3) is 4.00. The molecule has 2 unspecified atom stereocenters. The van der Waals surface area contributed by atoms with Gasteiger partial charge in [0.1, 0.15) is 0 Å². The monoisotopic (exact) mass is 193 g/mol. The van der Waals surface area contributed by atoms with Gasteiger partial charge in [0.25, 0.3) is 6.43 Å². The van der Waals surface area contributed by atoms with Gasteiger partial charge in [-0.25, -0.2) is 8.78 Å². The summed E-state index contributed by atoms with van der Waals surface area (Å²) in [6, 6.07) is -0.128. The van der Waals surface area contributed by atoms with Crippen LogP contribution in [-0.4, -0.2) is 30.2 Å². The average molecular weight is 193 g/mol. The zero-order valence-electron chi connectivity index (χ0n) is 7.68. The molecule has 2 nitrogen and oxygen atoms in total. The Morgan fingerprint density at radius 2 is 1.92 bits per heavy atom. The molecule has 0 radical (unpaired) electrons. The van der Waals surface area contributed by atoms with Gasteiger partial charge >= 0.3 is 0 Å². The van der Waals surface area contributed by atoms with Crippen molar-refractivity contribution in [2.75, 3.05) is 6.54 Å². The quantitative estimate of drug-likeness (QED) is 0.666. The zero-order valence-corrected chi connectivity index (χ0v) is 7.68. The molecular formula is C9H17F2NO. The standard InChI is InChI=1S/C9H17F2NO/c10-9(11)6-12-7-4-2-1-3-5-8(7)13/h7-9,12-13H,1-6H2. The minimum atomic E-state index is -2.32. The molecule has 78 valence electrons. The Balaban J connectivity index is 2.27. The van der Waals surface area contributed by atoms with E-state index >= 15 is 0 Å². The minimum Gasteiger partial charge on any atom is -0.392 e. The molecule has 4 heteroatoms. The van der Waals surface area contributed by atoms with Crippen LogP contribution in [0.25, 0.3) is 0 Å². The molecule has 1 rings (SSSR count). The summed E-state index contributed by atoms with van der Waals surface area (Å²) in [5, 5.41) is 12.3. The lowest BCUT2D eigenvalue weighted by atomic mass is 10.1. The largest absolute Gasteiger partial charge is 0.392 e. The van der Waals surface area contributed by atoms with Crippen LogP contribution in [0.2, 0.25) is 0 Å². The lowest BCUT2D eigenvalue weighted by Crippen LogP contribution is -2.41. The molecule has 0 saturated heterocycles. The SMILES string of the molecule is OC1CCCCCC1NCC(F)F. The molecule has 0 aliphatic heterocycles. The fraction of sp³-hybridized carbons (Fsp3) is 1.00. The van der Waals surface area contributed by atoms with Crippen LogP contribution in [0.4, 0.5) is 8.78 Å². The fourth-order valence-electron chi connectivity index (χ4n) is 1.77. The Morgan fingerprint density at radius 3 is 2.62 bits per heavy atom. The maximum Gasteiger partial charge on any atom is 0.250 e. The zero-order chi connectivity index (χ0) is 9.68. The molecule has 1 aliphatic rings. The molecule has 1 aliphatic carbocycles. The lowest BCUT2D eigenvalue weighted by molar-refractivity contribution is 0.0954. The Labute approximate surface area is 77.3 Å². The third-order valence-electron chi connectivity index (χ3n) is 2.51. The molecular weight excluding hydrogens is 176 g/mol. The van der Waals surface area contributed by atoms with E-state index in [1.165, 1.54) is 0 Å². The van der Waals surface area contributed by atoms with Gasteiger partial charge in [-0.15, -0.1) is 0 Å². The van der Waals surface area contributed by atoms with Crippen LogP contribution in [0.1, 0.15) is 32.1 Å². The van der Waals surface area contributed by atoms with E-state index in [-0.39, 0.29) is 12.6 Å². The van der Waals surface area contributed by atoms with Gasteiger partial charge in [0.15, 0.2) is 0 Å². The number of rotatable bonds is 3. The summed E-state index contributed by atoms with van der Waals surface area (Å²) in [6.45, 7) is -0.304. The molecule has 0 aromatic heterocycles. The highest BCUT2D eigenvalue weighted by Gasteiger charge is 2.21. The van der Waals surface area contributed by atoms with Crippen LogP contribution in [0.5, 0.6) is 0 Å². The van der Waals surface area contributed by atoms with Crippen molar-refractivity contribution in [3.05, 3.63) is 0 Å². The van der Waals surface area contributed by atoms with E-state index in [1.54, 1.807) is 0 Å². The Hall–Kier alpha value is -0.220. The summed E-state index contributed by atoms with van der Waals surface area (Å²) in [7, 11) is 0.